The summed E-state index contributed by atoms with van der Waals surface area (Å²) >= 11 is 0. The molecule has 1 fully saturated rings. The summed E-state index contributed by atoms with van der Waals surface area (Å²) in [4.78, 5) is 8.50. The molecule has 2 atom stereocenters. The number of nitrogens with zero attached hydrogens (tertiary/aromatic N) is 2. The van der Waals surface area contributed by atoms with E-state index in [0.29, 0.717) is 17.7 Å². The molecular formula is C14H25N5O. The largest absolute Gasteiger partial charge is 0.396 e. The molecule has 0 spiro atoms. The molecule has 0 saturated heterocycles. The van der Waals surface area contributed by atoms with E-state index >= 15 is 0 Å². The van der Waals surface area contributed by atoms with Crippen molar-refractivity contribution in [2.24, 2.45) is 17.7 Å². The van der Waals surface area contributed by atoms with Gasteiger partial charge in [0.25, 0.3) is 0 Å². The fourth-order valence-corrected chi connectivity index (χ4v) is 3.05. The summed E-state index contributed by atoms with van der Waals surface area (Å²) in [6.07, 6.45) is 5.01. The number of hydrogen-bond donors (Lipinski definition) is 4. The van der Waals surface area contributed by atoms with Gasteiger partial charge in [0.15, 0.2) is 0 Å². The van der Waals surface area contributed by atoms with Crippen LogP contribution in [0.25, 0.3) is 0 Å². The maximum absolute atomic E-state index is 9.38. The molecule has 0 radical (unpaired) electrons. The van der Waals surface area contributed by atoms with Crippen LogP contribution in [0.1, 0.15) is 44.6 Å². The lowest BCUT2D eigenvalue weighted by atomic mass is 9.96. The van der Waals surface area contributed by atoms with E-state index in [0.717, 1.165) is 24.3 Å². The molecule has 1 aromatic heterocycles. The Morgan fingerprint density at radius 1 is 1.30 bits per heavy atom. The van der Waals surface area contributed by atoms with Crippen LogP contribution in [0.4, 0.5) is 11.6 Å². The van der Waals surface area contributed by atoms with Crippen LogP contribution in [0.5, 0.6) is 0 Å². The second-order valence-electron chi connectivity index (χ2n) is 5.80. The Kier molecular flexibility index (Phi) is 5.14. The van der Waals surface area contributed by atoms with Crippen molar-refractivity contribution in [2.45, 2.75) is 39.0 Å². The molecular weight excluding hydrogens is 254 g/mol. The first-order chi connectivity index (χ1) is 9.67. The first-order valence-corrected chi connectivity index (χ1v) is 7.33. The maximum atomic E-state index is 9.38. The number of aliphatic hydroxyl groups is 1. The second kappa shape index (κ2) is 6.85. The highest BCUT2D eigenvalue weighted by atomic mass is 16.3. The number of nitrogens with one attached hydrogen (secondary N) is 2. The molecule has 1 aliphatic rings. The van der Waals surface area contributed by atoms with Crippen LogP contribution in [0, 0.1) is 11.8 Å². The predicted octanol–water partition coefficient (Wildman–Crippen LogP) is 1.71. The number of nitrogen functional groups attached to an aromatic ring is 1. The first-order valence-electron chi connectivity index (χ1n) is 7.33. The van der Waals surface area contributed by atoms with Crippen molar-refractivity contribution in [1.82, 2.24) is 9.97 Å². The van der Waals surface area contributed by atoms with E-state index in [9.17, 15) is 5.11 Å². The van der Waals surface area contributed by atoms with Gasteiger partial charge in [-0.05, 0) is 30.6 Å². The topological polar surface area (TPSA) is 96.1 Å². The molecule has 6 heteroatoms. The summed E-state index contributed by atoms with van der Waals surface area (Å²) in [6.45, 7) is 5.31. The summed E-state index contributed by atoms with van der Waals surface area (Å²) in [5.74, 6) is 8.24. The van der Waals surface area contributed by atoms with Crippen LogP contribution in [0.2, 0.25) is 0 Å². The Morgan fingerprint density at radius 2 is 2.00 bits per heavy atom. The lowest BCUT2D eigenvalue weighted by Crippen LogP contribution is -2.22. The van der Waals surface area contributed by atoms with Crippen molar-refractivity contribution in [2.75, 3.05) is 23.9 Å². The molecule has 1 heterocycles. The van der Waals surface area contributed by atoms with E-state index in [2.05, 4.69) is 34.6 Å². The van der Waals surface area contributed by atoms with Gasteiger partial charge in [0, 0.05) is 18.7 Å². The Balaban J connectivity index is 2.09. The Morgan fingerprint density at radius 3 is 2.65 bits per heavy atom. The van der Waals surface area contributed by atoms with Gasteiger partial charge in [0.1, 0.15) is 18.0 Å². The summed E-state index contributed by atoms with van der Waals surface area (Å²) in [6, 6.07) is 0. The highest BCUT2D eigenvalue weighted by Gasteiger charge is 2.26. The van der Waals surface area contributed by atoms with E-state index in [1.54, 1.807) is 0 Å². The standard InChI is InChI=1S/C14H25N5O/c1-9(2)12-13(17-8-18-14(12)19-15)16-6-10-4-3-5-11(10)7-20/h8-11,20H,3-7,15H2,1-2H3,(H2,16,17,18,19). The Hall–Kier alpha value is -1.40. The molecule has 1 aromatic rings. The van der Waals surface area contributed by atoms with Crippen LogP contribution in [-0.4, -0.2) is 28.2 Å². The average Bonchev–Trinajstić information content (AvgIpc) is 2.91. The fourth-order valence-electron chi connectivity index (χ4n) is 3.05. The smallest absolute Gasteiger partial charge is 0.148 e. The summed E-state index contributed by atoms with van der Waals surface area (Å²) < 4.78 is 0. The number of aromatic nitrogens is 2. The molecule has 0 amide bonds. The van der Waals surface area contributed by atoms with Gasteiger partial charge in [-0.1, -0.05) is 20.3 Å². The van der Waals surface area contributed by atoms with Gasteiger partial charge in [0.2, 0.25) is 0 Å². The van der Waals surface area contributed by atoms with Crippen LogP contribution >= 0.6 is 0 Å². The van der Waals surface area contributed by atoms with Gasteiger partial charge in [-0.2, -0.15) is 0 Å². The quantitative estimate of drug-likeness (QED) is 0.467. The van der Waals surface area contributed by atoms with Crippen molar-refractivity contribution < 1.29 is 5.11 Å². The van der Waals surface area contributed by atoms with Gasteiger partial charge in [-0.15, -0.1) is 0 Å². The molecule has 1 saturated carbocycles. The van der Waals surface area contributed by atoms with E-state index in [4.69, 9.17) is 5.84 Å². The molecule has 0 aliphatic heterocycles. The SMILES string of the molecule is CC(C)c1c(NN)ncnc1NCC1CCCC1CO. The Bertz CT molecular complexity index is 438. The highest BCUT2D eigenvalue weighted by molar-refractivity contribution is 5.58. The van der Waals surface area contributed by atoms with Crippen LogP contribution < -0.4 is 16.6 Å². The van der Waals surface area contributed by atoms with Gasteiger partial charge < -0.3 is 15.8 Å². The minimum absolute atomic E-state index is 0.280. The van der Waals surface area contributed by atoms with Crippen LogP contribution in [0.3, 0.4) is 0 Å². The molecule has 2 rings (SSSR count). The first kappa shape index (κ1) is 15.0. The van der Waals surface area contributed by atoms with E-state index < -0.39 is 0 Å². The third-order valence-electron chi connectivity index (χ3n) is 4.18. The highest BCUT2D eigenvalue weighted by Crippen LogP contribution is 2.33. The molecule has 112 valence electrons. The minimum atomic E-state index is 0.280. The third kappa shape index (κ3) is 3.19. The molecule has 0 bridgehead atoms. The Labute approximate surface area is 120 Å². The van der Waals surface area contributed by atoms with Gasteiger partial charge in [0.05, 0.1) is 0 Å². The summed E-state index contributed by atoms with van der Waals surface area (Å²) in [5, 5.41) is 12.8. The summed E-state index contributed by atoms with van der Waals surface area (Å²) in [5.41, 5.74) is 3.64. The second-order valence-corrected chi connectivity index (χ2v) is 5.80. The molecule has 6 nitrogen and oxygen atoms in total. The van der Waals surface area contributed by atoms with Crippen molar-refractivity contribution >= 4 is 11.6 Å². The van der Waals surface area contributed by atoms with Crippen LogP contribution in [-0.2, 0) is 0 Å². The van der Waals surface area contributed by atoms with Crippen molar-refractivity contribution in [1.29, 1.82) is 0 Å². The zero-order chi connectivity index (χ0) is 14.5. The van der Waals surface area contributed by atoms with E-state index in [1.165, 1.54) is 19.2 Å². The zero-order valence-corrected chi connectivity index (χ0v) is 12.3. The number of aliphatic hydroxyl groups excluding tert-OH is 1. The lowest BCUT2D eigenvalue weighted by molar-refractivity contribution is 0.199. The third-order valence-corrected chi connectivity index (χ3v) is 4.18. The molecule has 0 aromatic carbocycles. The number of hydrogen-bond acceptors (Lipinski definition) is 6. The number of anilines is 2. The van der Waals surface area contributed by atoms with Crippen molar-refractivity contribution in [3.8, 4) is 0 Å². The molecule has 1 aliphatic carbocycles. The van der Waals surface area contributed by atoms with Crippen LogP contribution in [0.15, 0.2) is 6.33 Å². The van der Waals surface area contributed by atoms with Gasteiger partial charge >= 0.3 is 0 Å². The normalized spacial score (nSPS) is 22.2. The minimum Gasteiger partial charge on any atom is -0.396 e. The van der Waals surface area contributed by atoms with Gasteiger partial charge in [-0.3, -0.25) is 0 Å². The molecule has 5 N–H and O–H groups in total. The maximum Gasteiger partial charge on any atom is 0.148 e. The number of rotatable bonds is 6. The van der Waals surface area contributed by atoms with Crippen molar-refractivity contribution in [3.05, 3.63) is 11.9 Å². The molecule has 20 heavy (non-hydrogen) atoms. The zero-order valence-electron chi connectivity index (χ0n) is 12.3. The predicted molar refractivity (Wildman–Crippen MR) is 80.3 cm³/mol. The van der Waals surface area contributed by atoms with E-state index in [1.807, 2.05) is 0 Å². The van der Waals surface area contributed by atoms with E-state index in [-0.39, 0.29) is 12.5 Å². The number of hydrazine groups is 1. The molecule has 2 unspecified atom stereocenters. The fraction of sp³-hybridized carbons (Fsp3) is 0.714. The van der Waals surface area contributed by atoms with Gasteiger partial charge in [-0.25, -0.2) is 15.8 Å². The van der Waals surface area contributed by atoms with Crippen molar-refractivity contribution in [3.63, 3.8) is 0 Å². The number of nitrogens with two attached hydrogens (primary N) is 1. The summed E-state index contributed by atoms with van der Waals surface area (Å²) in [7, 11) is 0. The monoisotopic (exact) mass is 279 g/mol. The lowest BCUT2D eigenvalue weighted by Gasteiger charge is -2.21. The average molecular weight is 279 g/mol.